The quantitative estimate of drug-likeness (QED) is 0.746. The van der Waals surface area contributed by atoms with Crippen LogP contribution in [-0.4, -0.2) is 30.4 Å². The summed E-state index contributed by atoms with van der Waals surface area (Å²) in [6.45, 7) is 10.6. The van der Waals surface area contributed by atoms with Gasteiger partial charge in [0.15, 0.2) is 0 Å². The van der Waals surface area contributed by atoms with E-state index in [1.54, 1.807) is 11.8 Å². The Hall–Kier alpha value is -1.00. The zero-order valence-corrected chi connectivity index (χ0v) is 14.5. The summed E-state index contributed by atoms with van der Waals surface area (Å²) in [5.74, 6) is 1.49. The zero-order valence-electron chi connectivity index (χ0n) is 13.7. The molecule has 3 nitrogen and oxygen atoms in total. The molecule has 118 valence electrons. The molecule has 1 rings (SSSR count). The number of thioether (sulfide) groups is 1. The Bertz CT molecular complexity index is 440. The fourth-order valence-corrected chi connectivity index (χ4v) is 3.26. The smallest absolute Gasteiger partial charge is 0.323 e. The number of carbonyl (C=O) groups excluding carboxylic acids is 1. The lowest BCUT2D eigenvalue weighted by atomic mass is 10.1. The Balaban J connectivity index is 2.54. The Labute approximate surface area is 132 Å². The van der Waals surface area contributed by atoms with Crippen molar-refractivity contribution >= 4 is 17.7 Å². The van der Waals surface area contributed by atoms with Gasteiger partial charge in [0.05, 0.1) is 6.61 Å². The van der Waals surface area contributed by atoms with E-state index in [2.05, 4.69) is 37.4 Å². The summed E-state index contributed by atoms with van der Waals surface area (Å²) < 4.78 is 5.13. The molecular formula is C17H27NO2S. The lowest BCUT2D eigenvalue weighted by Gasteiger charge is -2.19. The Morgan fingerprint density at radius 3 is 2.38 bits per heavy atom. The molecule has 0 fully saturated rings. The van der Waals surface area contributed by atoms with Gasteiger partial charge in [0.1, 0.15) is 6.04 Å². The van der Waals surface area contributed by atoms with Crippen molar-refractivity contribution in [3.05, 3.63) is 34.9 Å². The third kappa shape index (κ3) is 7.00. The number of nitrogens with one attached hydrogen (secondary N) is 1. The number of carbonyl (C=O) groups is 1. The van der Waals surface area contributed by atoms with Gasteiger partial charge in [-0.3, -0.25) is 4.79 Å². The van der Waals surface area contributed by atoms with Crippen LogP contribution in [0.15, 0.2) is 18.2 Å². The molecule has 1 aromatic rings. The summed E-state index contributed by atoms with van der Waals surface area (Å²) in [7, 11) is 0. The SMILES string of the molecule is CCOC(=O)C(CSCc1cc(C)cc(C)c1)NC(C)C. The summed E-state index contributed by atoms with van der Waals surface area (Å²) in [6, 6.07) is 6.61. The minimum atomic E-state index is -0.235. The van der Waals surface area contributed by atoms with Crippen molar-refractivity contribution < 1.29 is 9.53 Å². The van der Waals surface area contributed by atoms with Crippen LogP contribution in [0.25, 0.3) is 0 Å². The Morgan fingerprint density at radius 2 is 1.86 bits per heavy atom. The fourth-order valence-electron chi connectivity index (χ4n) is 2.28. The maximum Gasteiger partial charge on any atom is 0.323 e. The Morgan fingerprint density at radius 1 is 1.24 bits per heavy atom. The first-order chi connectivity index (χ1) is 9.92. The number of rotatable bonds is 8. The molecule has 0 saturated heterocycles. The lowest BCUT2D eigenvalue weighted by molar-refractivity contribution is -0.145. The van der Waals surface area contributed by atoms with E-state index < -0.39 is 0 Å². The van der Waals surface area contributed by atoms with Gasteiger partial charge in [0.25, 0.3) is 0 Å². The molecular weight excluding hydrogens is 282 g/mol. The van der Waals surface area contributed by atoms with Gasteiger partial charge in [-0.15, -0.1) is 0 Å². The van der Waals surface area contributed by atoms with E-state index in [1.807, 2.05) is 20.8 Å². The van der Waals surface area contributed by atoms with E-state index in [0.717, 1.165) is 11.5 Å². The summed E-state index contributed by atoms with van der Waals surface area (Å²) in [4.78, 5) is 11.9. The van der Waals surface area contributed by atoms with Crippen LogP contribution in [0.2, 0.25) is 0 Å². The van der Waals surface area contributed by atoms with Gasteiger partial charge in [0.2, 0.25) is 0 Å². The first-order valence-corrected chi connectivity index (χ1v) is 8.65. The average Bonchev–Trinajstić information content (AvgIpc) is 2.36. The highest BCUT2D eigenvalue weighted by molar-refractivity contribution is 7.98. The van der Waals surface area contributed by atoms with E-state index in [9.17, 15) is 4.79 Å². The third-order valence-corrected chi connectivity index (χ3v) is 4.05. The molecule has 1 aromatic carbocycles. The van der Waals surface area contributed by atoms with Crippen LogP contribution < -0.4 is 5.32 Å². The topological polar surface area (TPSA) is 38.3 Å². The maximum absolute atomic E-state index is 11.9. The molecule has 1 N–H and O–H groups in total. The van der Waals surface area contributed by atoms with E-state index in [1.165, 1.54) is 16.7 Å². The standard InChI is InChI=1S/C17H27NO2S/c1-6-20-17(19)16(18-12(2)3)11-21-10-15-8-13(4)7-14(5)9-15/h7-9,12,16,18H,6,10-11H2,1-5H3. The second-order valence-electron chi connectivity index (χ2n) is 5.64. The predicted molar refractivity (Wildman–Crippen MR) is 90.8 cm³/mol. The molecule has 1 atom stereocenters. The van der Waals surface area contributed by atoms with Crippen molar-refractivity contribution in [1.82, 2.24) is 5.32 Å². The molecule has 0 heterocycles. The van der Waals surface area contributed by atoms with Gasteiger partial charge in [-0.1, -0.05) is 43.2 Å². The number of aryl methyl sites for hydroxylation is 2. The molecule has 0 aliphatic heterocycles. The van der Waals surface area contributed by atoms with Crippen LogP contribution in [0.4, 0.5) is 0 Å². The molecule has 0 bridgehead atoms. The molecule has 0 spiro atoms. The van der Waals surface area contributed by atoms with Crippen molar-refractivity contribution in [3.8, 4) is 0 Å². The molecule has 4 heteroatoms. The lowest BCUT2D eigenvalue weighted by Crippen LogP contribution is -2.43. The second-order valence-corrected chi connectivity index (χ2v) is 6.67. The Kier molecular flexibility index (Phi) is 7.83. The molecule has 0 aliphatic carbocycles. The summed E-state index contributed by atoms with van der Waals surface area (Å²) in [5, 5.41) is 3.28. The first-order valence-electron chi connectivity index (χ1n) is 7.50. The monoisotopic (exact) mass is 309 g/mol. The van der Waals surface area contributed by atoms with Crippen molar-refractivity contribution in [3.63, 3.8) is 0 Å². The number of hydrogen-bond acceptors (Lipinski definition) is 4. The van der Waals surface area contributed by atoms with Gasteiger partial charge in [-0.05, 0) is 26.3 Å². The van der Waals surface area contributed by atoms with E-state index in [0.29, 0.717) is 6.61 Å². The number of ether oxygens (including phenoxy) is 1. The van der Waals surface area contributed by atoms with Crippen LogP contribution in [-0.2, 0) is 15.3 Å². The first kappa shape index (κ1) is 18.1. The second kappa shape index (κ2) is 9.11. The number of hydrogen-bond donors (Lipinski definition) is 1. The van der Waals surface area contributed by atoms with E-state index in [-0.39, 0.29) is 18.1 Å². The van der Waals surface area contributed by atoms with Crippen LogP contribution in [0, 0.1) is 13.8 Å². The largest absolute Gasteiger partial charge is 0.465 e. The van der Waals surface area contributed by atoms with Crippen molar-refractivity contribution in [2.24, 2.45) is 0 Å². The van der Waals surface area contributed by atoms with Crippen LogP contribution in [0.3, 0.4) is 0 Å². The van der Waals surface area contributed by atoms with Crippen LogP contribution >= 0.6 is 11.8 Å². The van der Waals surface area contributed by atoms with E-state index >= 15 is 0 Å². The summed E-state index contributed by atoms with van der Waals surface area (Å²) in [6.07, 6.45) is 0. The third-order valence-electron chi connectivity index (χ3n) is 2.94. The van der Waals surface area contributed by atoms with Gasteiger partial charge in [0, 0.05) is 17.5 Å². The predicted octanol–water partition coefficient (Wildman–Crippen LogP) is 3.47. The highest BCUT2D eigenvalue weighted by Crippen LogP contribution is 2.17. The van der Waals surface area contributed by atoms with Gasteiger partial charge < -0.3 is 10.1 Å². The molecule has 21 heavy (non-hydrogen) atoms. The molecule has 0 aliphatic rings. The minimum absolute atomic E-state index is 0.154. The molecule has 0 saturated carbocycles. The zero-order chi connectivity index (χ0) is 15.8. The highest BCUT2D eigenvalue weighted by Gasteiger charge is 2.20. The molecule has 0 amide bonds. The van der Waals surface area contributed by atoms with Crippen molar-refractivity contribution in [2.75, 3.05) is 12.4 Å². The number of esters is 1. The highest BCUT2D eigenvalue weighted by atomic mass is 32.2. The molecule has 0 aromatic heterocycles. The fraction of sp³-hybridized carbons (Fsp3) is 0.588. The maximum atomic E-state index is 11.9. The van der Waals surface area contributed by atoms with Crippen molar-refractivity contribution in [2.45, 2.75) is 52.5 Å². The number of benzene rings is 1. The summed E-state index contributed by atoms with van der Waals surface area (Å²) in [5.41, 5.74) is 3.88. The normalized spacial score (nSPS) is 12.5. The summed E-state index contributed by atoms with van der Waals surface area (Å²) >= 11 is 1.76. The molecule has 1 unspecified atom stereocenters. The van der Waals surface area contributed by atoms with Crippen molar-refractivity contribution in [1.29, 1.82) is 0 Å². The van der Waals surface area contributed by atoms with Gasteiger partial charge >= 0.3 is 5.97 Å². The van der Waals surface area contributed by atoms with Crippen LogP contribution in [0.1, 0.15) is 37.5 Å². The van der Waals surface area contributed by atoms with Gasteiger partial charge in [-0.25, -0.2) is 0 Å². The average molecular weight is 309 g/mol. The molecule has 0 radical (unpaired) electrons. The van der Waals surface area contributed by atoms with Crippen LogP contribution in [0.5, 0.6) is 0 Å². The van der Waals surface area contributed by atoms with Gasteiger partial charge in [-0.2, -0.15) is 11.8 Å². The van der Waals surface area contributed by atoms with E-state index in [4.69, 9.17) is 4.74 Å². The minimum Gasteiger partial charge on any atom is -0.465 e.